The molecule has 1 heterocycles. The number of hydrogen-bond acceptors (Lipinski definition) is 5. The Balaban J connectivity index is 1.78. The first kappa shape index (κ1) is 18.0. The lowest BCUT2D eigenvalue weighted by atomic mass is 9.95. The zero-order valence-electron chi connectivity index (χ0n) is 15.2. The van der Waals surface area contributed by atoms with Crippen LogP contribution >= 0.6 is 0 Å². The van der Waals surface area contributed by atoms with Crippen molar-refractivity contribution in [2.45, 2.75) is 4.90 Å². The number of benzene rings is 3. The SMILES string of the molecule is CN(C)c1ccc(NS(=O)(=O)c2cc3c4c(cccc4c2)C(=O)NC3=O)cc1. The molecule has 0 saturated carbocycles. The Morgan fingerprint density at radius 2 is 1.57 bits per heavy atom. The summed E-state index contributed by atoms with van der Waals surface area (Å²) in [5.74, 6) is -1.10. The Labute approximate surface area is 162 Å². The lowest BCUT2D eigenvalue weighted by Gasteiger charge is -2.18. The molecule has 3 aromatic rings. The maximum Gasteiger partial charge on any atom is 0.261 e. The van der Waals surface area contributed by atoms with Gasteiger partial charge in [0.1, 0.15) is 0 Å². The molecule has 2 amide bonds. The summed E-state index contributed by atoms with van der Waals surface area (Å²) in [6.07, 6.45) is 0. The normalized spacial score (nSPS) is 13.4. The fraction of sp³-hybridized carbons (Fsp3) is 0.100. The standard InChI is InChI=1S/C20H17N3O4S/c1-23(2)14-8-6-13(7-9-14)22-28(26,27)15-10-12-4-3-5-16-18(12)17(11-15)20(25)21-19(16)24/h3-11,22H,1-2H3,(H,21,24,25). The second-order valence-electron chi connectivity index (χ2n) is 6.70. The lowest BCUT2D eigenvalue weighted by Crippen LogP contribution is -2.34. The minimum atomic E-state index is -3.92. The van der Waals surface area contributed by atoms with E-state index in [2.05, 4.69) is 10.0 Å². The van der Waals surface area contributed by atoms with Crippen molar-refractivity contribution in [3.05, 3.63) is 65.7 Å². The van der Waals surface area contributed by atoms with Crippen molar-refractivity contribution < 1.29 is 18.0 Å². The molecule has 3 aromatic carbocycles. The van der Waals surface area contributed by atoms with E-state index >= 15 is 0 Å². The van der Waals surface area contributed by atoms with Crippen molar-refractivity contribution in [3.8, 4) is 0 Å². The molecule has 0 spiro atoms. The summed E-state index contributed by atoms with van der Waals surface area (Å²) >= 11 is 0. The fourth-order valence-corrected chi connectivity index (χ4v) is 4.32. The molecule has 0 atom stereocenters. The van der Waals surface area contributed by atoms with Gasteiger partial charge in [0.05, 0.1) is 4.90 Å². The quantitative estimate of drug-likeness (QED) is 0.662. The van der Waals surface area contributed by atoms with Gasteiger partial charge in [-0.1, -0.05) is 12.1 Å². The van der Waals surface area contributed by atoms with Crippen molar-refractivity contribution in [3.63, 3.8) is 0 Å². The number of imide groups is 1. The van der Waals surface area contributed by atoms with Gasteiger partial charge in [0, 0.05) is 42.0 Å². The molecule has 1 aliphatic rings. The topological polar surface area (TPSA) is 95.6 Å². The summed E-state index contributed by atoms with van der Waals surface area (Å²) in [4.78, 5) is 26.1. The van der Waals surface area contributed by atoms with Crippen molar-refractivity contribution in [2.75, 3.05) is 23.7 Å². The molecule has 0 saturated heterocycles. The van der Waals surface area contributed by atoms with Crippen molar-refractivity contribution in [1.82, 2.24) is 5.32 Å². The number of carbonyl (C=O) groups is 2. The molecule has 8 heteroatoms. The van der Waals surface area contributed by atoms with Crippen LogP contribution in [0.4, 0.5) is 11.4 Å². The minimum absolute atomic E-state index is 0.0478. The third kappa shape index (κ3) is 2.97. The highest BCUT2D eigenvalue weighted by Gasteiger charge is 2.27. The maximum atomic E-state index is 12.9. The van der Waals surface area contributed by atoms with Gasteiger partial charge in [-0.25, -0.2) is 8.42 Å². The predicted molar refractivity (Wildman–Crippen MR) is 107 cm³/mol. The number of nitrogens with zero attached hydrogens (tertiary/aromatic N) is 1. The van der Waals surface area contributed by atoms with E-state index in [1.54, 1.807) is 42.5 Å². The van der Waals surface area contributed by atoms with Gasteiger partial charge in [-0.2, -0.15) is 0 Å². The Bertz CT molecular complexity index is 1230. The monoisotopic (exact) mass is 395 g/mol. The van der Waals surface area contributed by atoms with E-state index in [0.29, 0.717) is 22.0 Å². The maximum absolute atomic E-state index is 12.9. The second-order valence-corrected chi connectivity index (χ2v) is 8.39. The second kappa shape index (κ2) is 6.35. The molecule has 0 fully saturated rings. The molecular weight excluding hydrogens is 378 g/mol. The number of sulfonamides is 1. The van der Waals surface area contributed by atoms with Crippen LogP contribution in [0.3, 0.4) is 0 Å². The van der Waals surface area contributed by atoms with Crippen LogP contribution < -0.4 is 14.9 Å². The number of nitrogens with one attached hydrogen (secondary N) is 2. The van der Waals surface area contributed by atoms with E-state index in [4.69, 9.17) is 0 Å². The number of amides is 2. The summed E-state index contributed by atoms with van der Waals surface area (Å²) in [5, 5.41) is 3.22. The predicted octanol–water partition coefficient (Wildman–Crippen LogP) is 2.59. The van der Waals surface area contributed by atoms with Crippen LogP contribution in [-0.4, -0.2) is 34.3 Å². The molecule has 0 aromatic heterocycles. The first-order valence-corrected chi connectivity index (χ1v) is 9.97. The van der Waals surface area contributed by atoms with Crippen LogP contribution in [0.1, 0.15) is 20.7 Å². The van der Waals surface area contributed by atoms with Crippen LogP contribution in [0.5, 0.6) is 0 Å². The molecule has 0 radical (unpaired) electrons. The van der Waals surface area contributed by atoms with Crippen LogP contribution in [0, 0.1) is 0 Å². The van der Waals surface area contributed by atoms with Gasteiger partial charge in [0.15, 0.2) is 0 Å². The number of rotatable bonds is 4. The minimum Gasteiger partial charge on any atom is -0.378 e. The van der Waals surface area contributed by atoms with Gasteiger partial charge in [-0.3, -0.25) is 19.6 Å². The molecule has 1 aliphatic heterocycles. The van der Waals surface area contributed by atoms with E-state index in [9.17, 15) is 18.0 Å². The highest BCUT2D eigenvalue weighted by atomic mass is 32.2. The van der Waals surface area contributed by atoms with Crippen LogP contribution in [0.2, 0.25) is 0 Å². The molecule has 0 aliphatic carbocycles. The fourth-order valence-electron chi connectivity index (χ4n) is 3.20. The third-order valence-corrected chi connectivity index (χ3v) is 5.97. The highest BCUT2D eigenvalue weighted by molar-refractivity contribution is 7.92. The van der Waals surface area contributed by atoms with E-state index < -0.39 is 21.8 Å². The van der Waals surface area contributed by atoms with E-state index in [-0.39, 0.29) is 10.5 Å². The summed E-state index contributed by atoms with van der Waals surface area (Å²) in [6, 6.07) is 14.6. The Hall–Kier alpha value is -3.39. The molecule has 7 nitrogen and oxygen atoms in total. The van der Waals surface area contributed by atoms with Gasteiger partial charge >= 0.3 is 0 Å². The number of anilines is 2. The van der Waals surface area contributed by atoms with Crippen LogP contribution in [-0.2, 0) is 10.0 Å². The average molecular weight is 395 g/mol. The smallest absolute Gasteiger partial charge is 0.261 e. The summed E-state index contributed by atoms with van der Waals surface area (Å²) in [7, 11) is -0.139. The van der Waals surface area contributed by atoms with Crippen molar-refractivity contribution in [2.24, 2.45) is 0 Å². The van der Waals surface area contributed by atoms with Crippen molar-refractivity contribution in [1.29, 1.82) is 0 Å². The average Bonchev–Trinajstić information content (AvgIpc) is 2.65. The van der Waals surface area contributed by atoms with E-state index in [1.807, 2.05) is 19.0 Å². The highest BCUT2D eigenvalue weighted by Crippen LogP contribution is 2.30. The molecule has 142 valence electrons. The van der Waals surface area contributed by atoms with Gasteiger partial charge in [0.25, 0.3) is 21.8 Å². The number of hydrogen-bond donors (Lipinski definition) is 2. The lowest BCUT2D eigenvalue weighted by molar-refractivity contribution is 0.0845. The van der Waals surface area contributed by atoms with Gasteiger partial charge in [-0.05, 0) is 47.9 Å². The summed E-state index contributed by atoms with van der Waals surface area (Å²) in [6.45, 7) is 0. The Morgan fingerprint density at radius 3 is 2.25 bits per heavy atom. The van der Waals surface area contributed by atoms with E-state index in [0.717, 1.165) is 5.69 Å². The molecular formula is C20H17N3O4S. The van der Waals surface area contributed by atoms with Gasteiger partial charge in [-0.15, -0.1) is 0 Å². The molecule has 0 bridgehead atoms. The first-order valence-electron chi connectivity index (χ1n) is 8.49. The molecule has 28 heavy (non-hydrogen) atoms. The van der Waals surface area contributed by atoms with Crippen molar-refractivity contribution >= 4 is 44.0 Å². The molecule has 2 N–H and O–H groups in total. The zero-order valence-corrected chi connectivity index (χ0v) is 16.0. The third-order valence-electron chi connectivity index (χ3n) is 4.61. The van der Waals surface area contributed by atoms with Crippen LogP contribution in [0.25, 0.3) is 10.8 Å². The summed E-state index contributed by atoms with van der Waals surface area (Å²) < 4.78 is 28.3. The Kier molecular flexibility index (Phi) is 4.08. The first-order chi connectivity index (χ1) is 13.3. The van der Waals surface area contributed by atoms with Crippen LogP contribution in [0.15, 0.2) is 59.5 Å². The largest absolute Gasteiger partial charge is 0.378 e. The van der Waals surface area contributed by atoms with Gasteiger partial charge in [0.2, 0.25) is 0 Å². The Morgan fingerprint density at radius 1 is 0.893 bits per heavy atom. The van der Waals surface area contributed by atoms with E-state index in [1.165, 1.54) is 12.1 Å². The molecule has 4 rings (SSSR count). The van der Waals surface area contributed by atoms with Gasteiger partial charge < -0.3 is 4.90 Å². The summed E-state index contributed by atoms with van der Waals surface area (Å²) in [5.41, 5.74) is 1.86. The molecule has 0 unspecified atom stereocenters. The number of carbonyl (C=O) groups excluding carboxylic acids is 2. The zero-order chi connectivity index (χ0) is 20.1.